The standard InChI is InChI=1S/C21H28N4O3S/c1-14(2)17-7-4-16(5-8-17)6-9-18(26)23-24-20(27)19-15(3)22-21(29-19)25-10-12-28-13-11-25/h4-5,7-8,14H,6,9-13H2,1-3H3,(H,23,26)(H,24,27). The summed E-state index contributed by atoms with van der Waals surface area (Å²) in [4.78, 5) is 31.7. The van der Waals surface area contributed by atoms with Crippen LogP contribution in [-0.2, 0) is 16.0 Å². The van der Waals surface area contributed by atoms with Gasteiger partial charge >= 0.3 is 0 Å². The van der Waals surface area contributed by atoms with E-state index < -0.39 is 0 Å². The van der Waals surface area contributed by atoms with Gasteiger partial charge in [-0.25, -0.2) is 4.98 Å². The van der Waals surface area contributed by atoms with Crippen molar-refractivity contribution in [1.29, 1.82) is 0 Å². The van der Waals surface area contributed by atoms with Crippen LogP contribution in [0, 0.1) is 6.92 Å². The molecule has 1 aromatic heterocycles. The minimum Gasteiger partial charge on any atom is -0.378 e. The van der Waals surface area contributed by atoms with Gasteiger partial charge in [0.1, 0.15) is 4.88 Å². The first kappa shape index (κ1) is 21.3. The fourth-order valence-corrected chi connectivity index (χ4v) is 4.07. The van der Waals surface area contributed by atoms with E-state index in [1.807, 2.05) is 0 Å². The zero-order valence-electron chi connectivity index (χ0n) is 17.2. The van der Waals surface area contributed by atoms with Crippen molar-refractivity contribution in [3.05, 3.63) is 46.0 Å². The minimum absolute atomic E-state index is 0.221. The smallest absolute Gasteiger partial charge is 0.281 e. The summed E-state index contributed by atoms with van der Waals surface area (Å²) in [6, 6.07) is 8.29. The van der Waals surface area contributed by atoms with Crippen LogP contribution in [0.3, 0.4) is 0 Å². The van der Waals surface area contributed by atoms with Gasteiger partial charge in [0, 0.05) is 19.5 Å². The highest BCUT2D eigenvalue weighted by molar-refractivity contribution is 7.17. The number of rotatable bonds is 6. The summed E-state index contributed by atoms with van der Waals surface area (Å²) in [5.41, 5.74) is 8.05. The zero-order valence-corrected chi connectivity index (χ0v) is 18.0. The summed E-state index contributed by atoms with van der Waals surface area (Å²) < 4.78 is 5.35. The number of carbonyl (C=O) groups is 2. The maximum absolute atomic E-state index is 12.4. The molecule has 0 atom stereocenters. The summed E-state index contributed by atoms with van der Waals surface area (Å²) in [6.07, 6.45) is 0.933. The molecule has 156 valence electrons. The fourth-order valence-electron chi connectivity index (χ4n) is 3.06. The van der Waals surface area contributed by atoms with Crippen LogP contribution in [0.2, 0.25) is 0 Å². The van der Waals surface area contributed by atoms with Crippen LogP contribution in [-0.4, -0.2) is 43.1 Å². The van der Waals surface area contributed by atoms with E-state index >= 15 is 0 Å². The topological polar surface area (TPSA) is 83.6 Å². The lowest BCUT2D eigenvalue weighted by Crippen LogP contribution is -2.41. The number of nitrogens with one attached hydrogen (secondary N) is 2. The third kappa shape index (κ3) is 5.77. The highest BCUT2D eigenvalue weighted by Gasteiger charge is 2.20. The number of nitrogens with zero attached hydrogens (tertiary/aromatic N) is 2. The van der Waals surface area contributed by atoms with E-state index in [2.05, 4.69) is 58.8 Å². The number of carbonyl (C=O) groups excluding carboxylic acids is 2. The Balaban J connectivity index is 1.47. The van der Waals surface area contributed by atoms with Crippen LogP contribution in [0.25, 0.3) is 0 Å². The molecule has 1 aliphatic heterocycles. The Hall–Kier alpha value is -2.45. The zero-order chi connectivity index (χ0) is 20.8. The van der Waals surface area contributed by atoms with Crippen molar-refractivity contribution in [1.82, 2.24) is 15.8 Å². The number of anilines is 1. The molecule has 0 bridgehead atoms. The Bertz CT molecular complexity index is 842. The number of hydrogen-bond acceptors (Lipinski definition) is 6. The number of ether oxygens (including phenoxy) is 1. The number of aryl methyl sites for hydroxylation is 2. The molecule has 3 rings (SSSR count). The Kier molecular flexibility index (Phi) is 7.22. The van der Waals surface area contributed by atoms with E-state index in [4.69, 9.17) is 4.74 Å². The molecule has 2 aromatic rings. The molecular weight excluding hydrogens is 388 g/mol. The highest BCUT2D eigenvalue weighted by atomic mass is 32.1. The van der Waals surface area contributed by atoms with Crippen LogP contribution in [0.15, 0.2) is 24.3 Å². The van der Waals surface area contributed by atoms with Crippen LogP contribution in [0.4, 0.5) is 5.13 Å². The summed E-state index contributed by atoms with van der Waals surface area (Å²) in [6.45, 7) is 8.97. The van der Waals surface area contributed by atoms with Gasteiger partial charge < -0.3 is 9.64 Å². The first-order chi connectivity index (χ1) is 13.9. The van der Waals surface area contributed by atoms with Gasteiger partial charge in [0.05, 0.1) is 18.9 Å². The normalized spacial score (nSPS) is 14.1. The average Bonchev–Trinajstić information content (AvgIpc) is 3.13. The molecule has 7 nitrogen and oxygen atoms in total. The van der Waals surface area contributed by atoms with E-state index in [1.165, 1.54) is 16.9 Å². The SMILES string of the molecule is Cc1nc(N2CCOCC2)sc1C(=O)NNC(=O)CCc1ccc(C(C)C)cc1. The van der Waals surface area contributed by atoms with Gasteiger partial charge in [-0.3, -0.25) is 20.4 Å². The van der Waals surface area contributed by atoms with Crippen LogP contribution >= 0.6 is 11.3 Å². The molecule has 0 spiro atoms. The van der Waals surface area contributed by atoms with Crippen molar-refractivity contribution >= 4 is 28.3 Å². The van der Waals surface area contributed by atoms with Crippen molar-refractivity contribution in [2.75, 3.05) is 31.2 Å². The van der Waals surface area contributed by atoms with Gasteiger partial charge in [0.15, 0.2) is 5.13 Å². The predicted molar refractivity (Wildman–Crippen MR) is 114 cm³/mol. The fraction of sp³-hybridized carbons (Fsp3) is 0.476. The molecule has 1 fully saturated rings. The number of hydrazine groups is 1. The van der Waals surface area contributed by atoms with Gasteiger partial charge in [-0.1, -0.05) is 49.4 Å². The second kappa shape index (κ2) is 9.84. The molecule has 8 heteroatoms. The van der Waals surface area contributed by atoms with Gasteiger partial charge in [-0.05, 0) is 30.4 Å². The molecule has 0 unspecified atom stereocenters. The monoisotopic (exact) mass is 416 g/mol. The summed E-state index contributed by atoms with van der Waals surface area (Å²) in [5.74, 6) is -0.0717. The van der Waals surface area contributed by atoms with E-state index in [0.29, 0.717) is 42.5 Å². The van der Waals surface area contributed by atoms with Crippen LogP contribution < -0.4 is 15.8 Å². The minimum atomic E-state index is -0.339. The number of thiazole rings is 1. The van der Waals surface area contributed by atoms with Gasteiger partial charge in [0.2, 0.25) is 5.91 Å². The van der Waals surface area contributed by atoms with Crippen molar-refractivity contribution < 1.29 is 14.3 Å². The third-order valence-electron chi connectivity index (χ3n) is 4.88. The Labute approximate surface area is 175 Å². The predicted octanol–water partition coefficient (Wildman–Crippen LogP) is 2.81. The lowest BCUT2D eigenvalue weighted by atomic mass is 10.0. The first-order valence-electron chi connectivity index (χ1n) is 9.92. The molecule has 2 N–H and O–H groups in total. The molecule has 29 heavy (non-hydrogen) atoms. The maximum Gasteiger partial charge on any atom is 0.281 e. The lowest BCUT2D eigenvalue weighted by molar-refractivity contribution is -0.121. The van der Waals surface area contributed by atoms with E-state index in [1.54, 1.807) is 6.92 Å². The van der Waals surface area contributed by atoms with Gasteiger partial charge in [0.25, 0.3) is 5.91 Å². The molecule has 0 radical (unpaired) electrons. The van der Waals surface area contributed by atoms with Crippen molar-refractivity contribution in [2.24, 2.45) is 0 Å². The number of aromatic nitrogens is 1. The van der Waals surface area contributed by atoms with Gasteiger partial charge in [-0.15, -0.1) is 0 Å². The average molecular weight is 417 g/mol. The third-order valence-corrected chi connectivity index (χ3v) is 6.09. The van der Waals surface area contributed by atoms with Crippen LogP contribution in [0.5, 0.6) is 0 Å². The van der Waals surface area contributed by atoms with E-state index in [0.717, 1.165) is 23.8 Å². The quantitative estimate of drug-likeness (QED) is 0.708. The number of morpholine rings is 1. The van der Waals surface area contributed by atoms with E-state index in [-0.39, 0.29) is 11.8 Å². The number of amides is 2. The Morgan fingerprint density at radius 2 is 1.86 bits per heavy atom. The van der Waals surface area contributed by atoms with Crippen molar-refractivity contribution in [3.8, 4) is 0 Å². The van der Waals surface area contributed by atoms with Crippen molar-refractivity contribution in [3.63, 3.8) is 0 Å². The molecular formula is C21H28N4O3S. The molecule has 0 saturated carbocycles. The lowest BCUT2D eigenvalue weighted by Gasteiger charge is -2.25. The molecule has 1 aliphatic rings. The summed E-state index contributed by atoms with van der Waals surface area (Å²) in [7, 11) is 0. The molecule has 2 heterocycles. The van der Waals surface area contributed by atoms with E-state index in [9.17, 15) is 9.59 Å². The Morgan fingerprint density at radius 1 is 1.17 bits per heavy atom. The number of hydrogen-bond donors (Lipinski definition) is 2. The number of benzene rings is 1. The van der Waals surface area contributed by atoms with Gasteiger partial charge in [-0.2, -0.15) is 0 Å². The largest absolute Gasteiger partial charge is 0.378 e. The molecule has 1 saturated heterocycles. The van der Waals surface area contributed by atoms with Crippen molar-refractivity contribution in [2.45, 2.75) is 39.5 Å². The molecule has 1 aromatic carbocycles. The summed E-state index contributed by atoms with van der Waals surface area (Å²) in [5, 5.41) is 0.812. The highest BCUT2D eigenvalue weighted by Crippen LogP contribution is 2.26. The molecule has 0 aliphatic carbocycles. The Morgan fingerprint density at radius 3 is 2.52 bits per heavy atom. The van der Waals surface area contributed by atoms with Crippen LogP contribution in [0.1, 0.15) is 52.7 Å². The maximum atomic E-state index is 12.4. The first-order valence-corrected chi connectivity index (χ1v) is 10.7. The second-order valence-electron chi connectivity index (χ2n) is 7.41. The molecule has 2 amide bonds. The summed E-state index contributed by atoms with van der Waals surface area (Å²) >= 11 is 1.34. The second-order valence-corrected chi connectivity index (χ2v) is 8.39.